The minimum Gasteiger partial charge on any atom is -0.375 e. The average molecular weight is 548 g/mol. The van der Waals surface area contributed by atoms with Crippen molar-refractivity contribution in [1.29, 1.82) is 0 Å². The van der Waals surface area contributed by atoms with Crippen LogP contribution in [0.25, 0.3) is 0 Å². The number of hydrogen-bond acceptors (Lipinski definition) is 2. The Kier molecular flexibility index (Phi) is 7.86. The molecule has 0 aromatic carbocycles. The standard InChI is InChI=1S/C15H13F17O2/c1-6-4-33-7(6)5-34-15(31,32)14(29,30)13(27,28)12(25,26)11(23,24)10(21,22)8(16,17)2-3-9(18,19)20/h6-7H,2-5H2,1H3. The van der Waals surface area contributed by atoms with E-state index in [9.17, 15) is 74.6 Å². The molecule has 0 amide bonds. The van der Waals surface area contributed by atoms with Crippen LogP contribution in [0.5, 0.6) is 0 Å². The van der Waals surface area contributed by atoms with E-state index in [0.29, 0.717) is 0 Å². The van der Waals surface area contributed by atoms with Crippen LogP contribution in [-0.2, 0) is 9.47 Å². The molecule has 0 aliphatic carbocycles. The zero-order valence-corrected chi connectivity index (χ0v) is 16.2. The molecule has 1 heterocycles. The van der Waals surface area contributed by atoms with Crippen LogP contribution in [0, 0.1) is 5.92 Å². The third kappa shape index (κ3) is 4.86. The molecule has 1 aliphatic rings. The molecule has 0 bridgehead atoms. The Morgan fingerprint density at radius 3 is 1.38 bits per heavy atom. The molecule has 1 aliphatic heterocycles. The number of halogens is 17. The molecule has 19 heteroatoms. The van der Waals surface area contributed by atoms with Gasteiger partial charge in [0.25, 0.3) is 0 Å². The van der Waals surface area contributed by atoms with Gasteiger partial charge in [0, 0.05) is 18.8 Å². The number of rotatable bonds is 11. The lowest BCUT2D eigenvalue weighted by molar-refractivity contribution is -0.468. The van der Waals surface area contributed by atoms with E-state index in [1.165, 1.54) is 6.92 Å². The Morgan fingerprint density at radius 1 is 0.618 bits per heavy atom. The van der Waals surface area contributed by atoms with E-state index in [0.717, 1.165) is 0 Å². The summed E-state index contributed by atoms with van der Waals surface area (Å²) in [6.45, 7) is -0.611. The van der Waals surface area contributed by atoms with Crippen LogP contribution in [0.1, 0.15) is 19.8 Å². The number of alkyl halides is 17. The largest absolute Gasteiger partial charge is 0.426 e. The van der Waals surface area contributed by atoms with E-state index < -0.39 is 79.3 Å². The molecule has 34 heavy (non-hydrogen) atoms. The first-order valence-corrected chi connectivity index (χ1v) is 8.66. The zero-order valence-electron chi connectivity index (χ0n) is 16.2. The fourth-order valence-electron chi connectivity index (χ4n) is 2.37. The van der Waals surface area contributed by atoms with Gasteiger partial charge in [0.2, 0.25) is 0 Å². The molecule has 2 unspecified atom stereocenters. The zero-order chi connectivity index (χ0) is 27.4. The summed E-state index contributed by atoms with van der Waals surface area (Å²) in [5.74, 6) is -48.0. The normalized spacial score (nSPS) is 22.1. The molecule has 0 aromatic heterocycles. The second-order valence-electron chi connectivity index (χ2n) is 7.37. The molecular weight excluding hydrogens is 535 g/mol. The van der Waals surface area contributed by atoms with Gasteiger partial charge < -0.3 is 9.47 Å². The van der Waals surface area contributed by atoms with Crippen LogP contribution in [0.4, 0.5) is 74.6 Å². The summed E-state index contributed by atoms with van der Waals surface area (Å²) >= 11 is 0. The molecule has 0 N–H and O–H groups in total. The predicted octanol–water partition coefficient (Wildman–Crippen LogP) is 6.79. The minimum absolute atomic E-state index is 0.159. The smallest absolute Gasteiger partial charge is 0.375 e. The van der Waals surface area contributed by atoms with Crippen LogP contribution < -0.4 is 0 Å². The summed E-state index contributed by atoms with van der Waals surface area (Å²) in [7, 11) is 0. The monoisotopic (exact) mass is 548 g/mol. The lowest BCUT2D eigenvalue weighted by Crippen LogP contribution is -2.73. The lowest BCUT2D eigenvalue weighted by Gasteiger charge is -2.43. The Labute approximate surface area is 178 Å². The molecule has 1 fully saturated rings. The minimum atomic E-state index is -8.37. The van der Waals surface area contributed by atoms with Crippen LogP contribution in [0.2, 0.25) is 0 Å². The topological polar surface area (TPSA) is 18.5 Å². The van der Waals surface area contributed by atoms with Crippen molar-refractivity contribution in [3.05, 3.63) is 0 Å². The van der Waals surface area contributed by atoms with Gasteiger partial charge in [-0.05, 0) is 0 Å². The maximum Gasteiger partial charge on any atom is 0.426 e. The van der Waals surface area contributed by atoms with Crippen molar-refractivity contribution in [3.63, 3.8) is 0 Å². The first-order valence-electron chi connectivity index (χ1n) is 8.66. The van der Waals surface area contributed by atoms with Gasteiger partial charge in [0.15, 0.2) is 0 Å². The highest BCUT2D eigenvalue weighted by Gasteiger charge is 2.93. The highest BCUT2D eigenvalue weighted by molar-refractivity contribution is 5.13. The summed E-state index contributed by atoms with van der Waals surface area (Å²) in [4.78, 5) is 0. The summed E-state index contributed by atoms with van der Waals surface area (Å²) in [5, 5.41) is 0. The van der Waals surface area contributed by atoms with Crippen molar-refractivity contribution in [2.75, 3.05) is 13.2 Å². The van der Waals surface area contributed by atoms with Crippen molar-refractivity contribution in [2.24, 2.45) is 5.92 Å². The third-order valence-electron chi connectivity index (χ3n) is 4.76. The maximum atomic E-state index is 13.6. The van der Waals surface area contributed by atoms with Gasteiger partial charge in [-0.15, -0.1) is 0 Å². The second-order valence-corrected chi connectivity index (χ2v) is 7.37. The lowest BCUT2D eigenvalue weighted by atomic mass is 9.89. The Morgan fingerprint density at radius 2 is 1.03 bits per heavy atom. The van der Waals surface area contributed by atoms with E-state index in [4.69, 9.17) is 0 Å². The summed E-state index contributed by atoms with van der Waals surface area (Å²) < 4.78 is 233. The summed E-state index contributed by atoms with van der Waals surface area (Å²) in [6.07, 6.45) is -20.4. The van der Waals surface area contributed by atoms with Gasteiger partial charge in [-0.2, -0.15) is 74.6 Å². The molecule has 0 saturated carbocycles. The van der Waals surface area contributed by atoms with E-state index in [-0.39, 0.29) is 6.61 Å². The van der Waals surface area contributed by atoms with E-state index >= 15 is 0 Å². The molecular formula is C15H13F17O2. The summed E-state index contributed by atoms with van der Waals surface area (Å²) in [5.41, 5.74) is 0. The first kappa shape index (κ1) is 30.8. The molecule has 2 atom stereocenters. The highest BCUT2D eigenvalue weighted by atomic mass is 19.4. The van der Waals surface area contributed by atoms with Gasteiger partial charge in [-0.3, -0.25) is 0 Å². The molecule has 1 rings (SSSR count). The van der Waals surface area contributed by atoms with Crippen molar-refractivity contribution in [1.82, 2.24) is 0 Å². The third-order valence-corrected chi connectivity index (χ3v) is 4.76. The summed E-state index contributed by atoms with van der Waals surface area (Å²) in [6, 6.07) is 0. The van der Waals surface area contributed by atoms with Crippen LogP contribution >= 0.6 is 0 Å². The first-order chi connectivity index (χ1) is 14.7. The van der Waals surface area contributed by atoms with E-state index in [1.807, 2.05) is 0 Å². The van der Waals surface area contributed by atoms with Crippen LogP contribution in [0.15, 0.2) is 0 Å². The van der Waals surface area contributed by atoms with Crippen molar-refractivity contribution < 1.29 is 84.1 Å². The van der Waals surface area contributed by atoms with E-state index in [2.05, 4.69) is 9.47 Å². The maximum absolute atomic E-state index is 13.6. The highest BCUT2D eigenvalue weighted by Crippen LogP contribution is 2.62. The molecule has 0 aromatic rings. The van der Waals surface area contributed by atoms with E-state index in [1.54, 1.807) is 0 Å². The predicted molar refractivity (Wildman–Crippen MR) is 74.8 cm³/mol. The van der Waals surface area contributed by atoms with Crippen molar-refractivity contribution in [2.45, 2.75) is 73.7 Å². The second kappa shape index (κ2) is 8.69. The van der Waals surface area contributed by atoms with Crippen molar-refractivity contribution >= 4 is 0 Å². The number of ether oxygens (including phenoxy) is 2. The van der Waals surface area contributed by atoms with Gasteiger partial charge in [0.05, 0.1) is 19.3 Å². The van der Waals surface area contributed by atoms with Crippen molar-refractivity contribution in [3.8, 4) is 0 Å². The van der Waals surface area contributed by atoms with Gasteiger partial charge in [0.1, 0.15) is 0 Å². The van der Waals surface area contributed by atoms with Gasteiger partial charge in [-0.1, -0.05) is 6.92 Å². The molecule has 204 valence electrons. The quantitative estimate of drug-likeness (QED) is 0.265. The average Bonchev–Trinajstić information content (AvgIpc) is 2.63. The van der Waals surface area contributed by atoms with Crippen LogP contribution in [0.3, 0.4) is 0 Å². The molecule has 2 nitrogen and oxygen atoms in total. The van der Waals surface area contributed by atoms with Crippen LogP contribution in [-0.4, -0.2) is 67.1 Å². The fourth-order valence-corrected chi connectivity index (χ4v) is 2.37. The molecule has 1 saturated heterocycles. The molecule has 0 spiro atoms. The van der Waals surface area contributed by atoms with Gasteiger partial charge >= 0.3 is 47.8 Å². The Bertz CT molecular complexity index is 714. The number of hydrogen-bond donors (Lipinski definition) is 0. The fraction of sp³-hybridized carbons (Fsp3) is 1.00. The van der Waals surface area contributed by atoms with Gasteiger partial charge in [-0.25, -0.2) is 0 Å². The Hall–Kier alpha value is -1.27. The molecule has 0 radical (unpaired) electrons. The Balaban J connectivity index is 3.32. The SMILES string of the molecule is CC1COC1COC(F)(F)C(F)(F)C(F)(F)C(F)(F)C(F)(F)C(F)(F)C(F)(F)CCC(F)(F)F.